The van der Waals surface area contributed by atoms with Crippen molar-refractivity contribution >= 4 is 11.7 Å². The van der Waals surface area contributed by atoms with E-state index in [2.05, 4.69) is 36.1 Å². The molecule has 2 rings (SSSR count). The Hall–Kier alpha value is -2.43. The van der Waals surface area contributed by atoms with E-state index in [4.69, 9.17) is 5.73 Å². The summed E-state index contributed by atoms with van der Waals surface area (Å²) in [5.74, 6) is 1.11. The van der Waals surface area contributed by atoms with Gasteiger partial charge >= 0.3 is 0 Å². The zero-order valence-corrected chi connectivity index (χ0v) is 12.9. The van der Waals surface area contributed by atoms with Crippen LogP contribution in [-0.4, -0.2) is 22.9 Å². The standard InChI is InChI=1S/C12H12N4O.C4H10/c1-14-11-6-10(15-7-16-11)8-3-2-4-9(5-8)12(13)17;1-4(2)3/h2-7H,1H3,(H2,13,17)(H,14,15,16);4H,1-3H3. The summed E-state index contributed by atoms with van der Waals surface area (Å²) in [4.78, 5) is 19.3. The van der Waals surface area contributed by atoms with Crippen LogP contribution in [0.25, 0.3) is 11.3 Å². The highest BCUT2D eigenvalue weighted by Gasteiger charge is 2.05. The molecule has 1 heterocycles. The molecule has 0 unspecified atom stereocenters. The van der Waals surface area contributed by atoms with Gasteiger partial charge in [0.2, 0.25) is 5.91 Å². The number of benzene rings is 1. The van der Waals surface area contributed by atoms with Crippen LogP contribution >= 0.6 is 0 Å². The normalized spacial score (nSPS) is 9.76. The summed E-state index contributed by atoms with van der Waals surface area (Å²) in [6.45, 7) is 6.50. The predicted molar refractivity (Wildman–Crippen MR) is 86.0 cm³/mol. The number of carbonyl (C=O) groups is 1. The molecule has 0 aliphatic rings. The van der Waals surface area contributed by atoms with Gasteiger partial charge in [-0.25, -0.2) is 9.97 Å². The average Bonchev–Trinajstić information content (AvgIpc) is 2.47. The van der Waals surface area contributed by atoms with E-state index in [0.29, 0.717) is 5.56 Å². The van der Waals surface area contributed by atoms with E-state index in [9.17, 15) is 4.79 Å². The molecule has 0 aliphatic carbocycles. The van der Waals surface area contributed by atoms with Crippen LogP contribution in [0.3, 0.4) is 0 Å². The molecule has 1 aromatic heterocycles. The number of amides is 1. The smallest absolute Gasteiger partial charge is 0.248 e. The van der Waals surface area contributed by atoms with Crippen molar-refractivity contribution in [3.05, 3.63) is 42.2 Å². The molecule has 5 heteroatoms. The molecular weight excluding hydrogens is 264 g/mol. The summed E-state index contributed by atoms with van der Waals surface area (Å²) in [7, 11) is 1.78. The topological polar surface area (TPSA) is 80.9 Å². The molecule has 0 fully saturated rings. The Morgan fingerprint density at radius 2 is 1.86 bits per heavy atom. The van der Waals surface area contributed by atoms with Gasteiger partial charge in [-0.15, -0.1) is 0 Å². The number of anilines is 1. The van der Waals surface area contributed by atoms with Crippen molar-refractivity contribution in [3.8, 4) is 11.3 Å². The first kappa shape index (κ1) is 16.6. The number of hydrogen-bond donors (Lipinski definition) is 2. The highest BCUT2D eigenvalue weighted by atomic mass is 16.1. The molecule has 112 valence electrons. The second kappa shape index (κ2) is 7.99. The molecule has 0 aliphatic heterocycles. The largest absolute Gasteiger partial charge is 0.373 e. The minimum absolute atomic E-state index is 0.449. The Morgan fingerprint density at radius 3 is 2.43 bits per heavy atom. The number of hydrogen-bond acceptors (Lipinski definition) is 4. The Kier molecular flexibility index (Phi) is 6.33. The van der Waals surface area contributed by atoms with E-state index in [0.717, 1.165) is 23.0 Å². The van der Waals surface area contributed by atoms with Crippen molar-refractivity contribution < 1.29 is 4.79 Å². The lowest BCUT2D eigenvalue weighted by atomic mass is 10.1. The average molecular weight is 286 g/mol. The van der Waals surface area contributed by atoms with E-state index in [-0.39, 0.29) is 0 Å². The van der Waals surface area contributed by atoms with Gasteiger partial charge in [0.25, 0.3) is 0 Å². The Labute approximate surface area is 125 Å². The van der Waals surface area contributed by atoms with E-state index in [1.807, 2.05) is 6.07 Å². The van der Waals surface area contributed by atoms with Crippen molar-refractivity contribution in [2.24, 2.45) is 11.7 Å². The molecule has 0 saturated carbocycles. The van der Waals surface area contributed by atoms with Crippen molar-refractivity contribution in [3.63, 3.8) is 0 Å². The van der Waals surface area contributed by atoms with Gasteiger partial charge in [-0.05, 0) is 18.1 Å². The first-order valence-corrected chi connectivity index (χ1v) is 6.84. The molecule has 0 bridgehead atoms. The number of primary amides is 1. The Balaban J connectivity index is 0.000000491. The van der Waals surface area contributed by atoms with Gasteiger partial charge in [0.1, 0.15) is 12.1 Å². The van der Waals surface area contributed by atoms with Crippen LogP contribution in [0, 0.1) is 5.92 Å². The minimum atomic E-state index is -0.449. The molecule has 0 atom stereocenters. The van der Waals surface area contributed by atoms with Gasteiger partial charge in [-0.1, -0.05) is 32.9 Å². The van der Waals surface area contributed by atoms with Crippen LogP contribution in [0.1, 0.15) is 31.1 Å². The summed E-state index contributed by atoms with van der Waals surface area (Å²) in [6, 6.07) is 8.83. The number of nitrogens with two attached hydrogens (primary N) is 1. The van der Waals surface area contributed by atoms with Gasteiger partial charge in [0.15, 0.2) is 0 Å². The lowest BCUT2D eigenvalue weighted by Gasteiger charge is -2.04. The summed E-state index contributed by atoms with van der Waals surface area (Å²) in [6.07, 6.45) is 1.47. The predicted octanol–water partition coefficient (Wildman–Crippen LogP) is 2.95. The zero-order valence-electron chi connectivity index (χ0n) is 12.9. The lowest BCUT2D eigenvalue weighted by molar-refractivity contribution is 0.100. The van der Waals surface area contributed by atoms with Gasteiger partial charge in [0, 0.05) is 24.2 Å². The van der Waals surface area contributed by atoms with Crippen molar-refractivity contribution in [2.75, 3.05) is 12.4 Å². The van der Waals surface area contributed by atoms with Crippen LogP contribution in [-0.2, 0) is 0 Å². The molecular formula is C16H22N4O. The molecule has 0 radical (unpaired) electrons. The summed E-state index contributed by atoms with van der Waals surface area (Å²) in [5.41, 5.74) is 7.27. The fourth-order valence-electron chi connectivity index (χ4n) is 1.48. The summed E-state index contributed by atoms with van der Waals surface area (Å²) < 4.78 is 0. The molecule has 1 amide bonds. The van der Waals surface area contributed by atoms with E-state index in [1.165, 1.54) is 6.33 Å². The molecule has 21 heavy (non-hydrogen) atoms. The van der Waals surface area contributed by atoms with Crippen molar-refractivity contribution in [1.82, 2.24) is 9.97 Å². The maximum Gasteiger partial charge on any atom is 0.248 e. The molecule has 2 aromatic rings. The highest BCUT2D eigenvalue weighted by Crippen LogP contribution is 2.19. The third-order valence-corrected chi connectivity index (χ3v) is 2.37. The second-order valence-electron chi connectivity index (χ2n) is 5.22. The van der Waals surface area contributed by atoms with Gasteiger partial charge in [-0.3, -0.25) is 4.79 Å². The lowest BCUT2D eigenvalue weighted by Crippen LogP contribution is -2.10. The quantitative estimate of drug-likeness (QED) is 0.909. The van der Waals surface area contributed by atoms with E-state index in [1.54, 1.807) is 31.3 Å². The molecule has 0 saturated heterocycles. The summed E-state index contributed by atoms with van der Waals surface area (Å²) >= 11 is 0. The van der Waals surface area contributed by atoms with E-state index >= 15 is 0 Å². The van der Waals surface area contributed by atoms with Crippen LogP contribution in [0.2, 0.25) is 0 Å². The maximum absolute atomic E-state index is 11.1. The fraction of sp³-hybridized carbons (Fsp3) is 0.312. The highest BCUT2D eigenvalue weighted by molar-refractivity contribution is 5.94. The van der Waals surface area contributed by atoms with Gasteiger partial charge in [-0.2, -0.15) is 0 Å². The van der Waals surface area contributed by atoms with Gasteiger partial charge < -0.3 is 11.1 Å². The van der Waals surface area contributed by atoms with Crippen LogP contribution < -0.4 is 11.1 Å². The number of carbonyl (C=O) groups excluding carboxylic acids is 1. The number of rotatable bonds is 3. The third-order valence-electron chi connectivity index (χ3n) is 2.37. The summed E-state index contributed by atoms with van der Waals surface area (Å²) in [5, 5.41) is 2.93. The second-order valence-corrected chi connectivity index (χ2v) is 5.22. The molecule has 3 N–H and O–H groups in total. The van der Waals surface area contributed by atoms with E-state index < -0.39 is 5.91 Å². The monoisotopic (exact) mass is 286 g/mol. The van der Waals surface area contributed by atoms with Crippen molar-refractivity contribution in [2.45, 2.75) is 20.8 Å². The Bertz CT molecular complexity index is 594. The maximum atomic E-state index is 11.1. The van der Waals surface area contributed by atoms with Crippen LogP contribution in [0.4, 0.5) is 5.82 Å². The number of nitrogens with one attached hydrogen (secondary N) is 1. The van der Waals surface area contributed by atoms with Crippen LogP contribution in [0.5, 0.6) is 0 Å². The molecule has 0 spiro atoms. The first-order chi connectivity index (χ1) is 9.93. The Morgan fingerprint density at radius 1 is 1.19 bits per heavy atom. The minimum Gasteiger partial charge on any atom is -0.373 e. The first-order valence-electron chi connectivity index (χ1n) is 6.84. The number of nitrogens with zero attached hydrogens (tertiary/aromatic N) is 2. The number of aromatic nitrogens is 2. The molecule has 5 nitrogen and oxygen atoms in total. The third kappa shape index (κ3) is 5.60. The van der Waals surface area contributed by atoms with Gasteiger partial charge in [0.05, 0.1) is 5.69 Å². The van der Waals surface area contributed by atoms with Crippen LogP contribution in [0.15, 0.2) is 36.7 Å². The molecule has 1 aromatic carbocycles. The zero-order chi connectivity index (χ0) is 15.8. The van der Waals surface area contributed by atoms with Crippen molar-refractivity contribution in [1.29, 1.82) is 0 Å². The SMILES string of the molecule is CC(C)C.CNc1cc(-c2cccc(C(N)=O)c2)ncn1. The fourth-order valence-corrected chi connectivity index (χ4v) is 1.48.